The predicted octanol–water partition coefficient (Wildman–Crippen LogP) is 1.62. The van der Waals surface area contributed by atoms with Crippen LogP contribution in [0.4, 0.5) is 0 Å². The molecule has 2 aromatic rings. The number of aromatic hydroxyl groups is 1. The number of hydrogen-bond acceptors (Lipinski definition) is 3. The summed E-state index contributed by atoms with van der Waals surface area (Å²) in [4.78, 5) is 14.2. The van der Waals surface area contributed by atoms with Crippen LogP contribution in [0.5, 0.6) is 5.75 Å². The number of nitrogens with one attached hydrogen (secondary N) is 1. The van der Waals surface area contributed by atoms with E-state index < -0.39 is 0 Å². The molecule has 98 valence electrons. The van der Waals surface area contributed by atoms with Crippen molar-refractivity contribution in [3.05, 3.63) is 46.8 Å². The Balaban J connectivity index is 1.86. The molecule has 1 aliphatic rings. The van der Waals surface area contributed by atoms with Crippen molar-refractivity contribution in [2.24, 2.45) is 0 Å². The third-order valence-electron chi connectivity index (χ3n) is 3.55. The largest absolute Gasteiger partial charge is 0.508 e. The first-order chi connectivity index (χ1) is 9.15. The number of phenols is 1. The second-order valence-electron chi connectivity index (χ2n) is 4.84. The number of hydrogen-bond donors (Lipinski definition) is 2. The number of H-pyrrole nitrogens is 1. The Bertz CT molecular complexity index is 633. The van der Waals surface area contributed by atoms with Crippen molar-refractivity contribution < 1.29 is 9.90 Å². The van der Waals surface area contributed by atoms with Crippen LogP contribution < -0.4 is 0 Å². The fraction of sp³-hybridized carbons (Fsp3) is 0.286. The van der Waals surface area contributed by atoms with Crippen LogP contribution in [-0.2, 0) is 13.0 Å². The van der Waals surface area contributed by atoms with E-state index in [0.29, 0.717) is 18.7 Å². The monoisotopic (exact) mass is 257 g/mol. The SMILES string of the molecule is Cc1[nH]ncc1C(=O)N1CCc2ccc(O)cc2C1. The fourth-order valence-electron chi connectivity index (χ4n) is 2.45. The van der Waals surface area contributed by atoms with Crippen molar-refractivity contribution in [3.63, 3.8) is 0 Å². The van der Waals surface area contributed by atoms with Gasteiger partial charge in [0.25, 0.3) is 5.91 Å². The molecule has 5 nitrogen and oxygen atoms in total. The Kier molecular flexibility index (Phi) is 2.74. The van der Waals surface area contributed by atoms with Crippen molar-refractivity contribution in [3.8, 4) is 5.75 Å². The highest BCUT2D eigenvalue weighted by Gasteiger charge is 2.23. The summed E-state index contributed by atoms with van der Waals surface area (Å²) >= 11 is 0. The number of aryl methyl sites for hydroxylation is 1. The first-order valence-corrected chi connectivity index (χ1v) is 6.25. The molecule has 0 fully saturated rings. The lowest BCUT2D eigenvalue weighted by Gasteiger charge is -2.28. The molecular formula is C14H15N3O2. The molecule has 0 radical (unpaired) electrons. The number of benzene rings is 1. The lowest BCUT2D eigenvalue weighted by molar-refractivity contribution is 0.0734. The number of aromatic amines is 1. The number of phenolic OH excluding ortho intramolecular Hbond substituents is 1. The van der Waals surface area contributed by atoms with Gasteiger partial charge in [0.2, 0.25) is 0 Å². The van der Waals surface area contributed by atoms with Gasteiger partial charge < -0.3 is 10.0 Å². The third-order valence-corrected chi connectivity index (χ3v) is 3.55. The number of carbonyl (C=O) groups is 1. The maximum absolute atomic E-state index is 12.4. The summed E-state index contributed by atoms with van der Waals surface area (Å²) in [5.41, 5.74) is 3.61. The molecule has 1 aromatic heterocycles. The first kappa shape index (κ1) is 11.8. The fourth-order valence-corrected chi connectivity index (χ4v) is 2.45. The summed E-state index contributed by atoms with van der Waals surface area (Å²) in [7, 11) is 0. The minimum absolute atomic E-state index is 0.0137. The summed E-state index contributed by atoms with van der Waals surface area (Å²) in [5, 5.41) is 16.2. The molecule has 2 heterocycles. The minimum atomic E-state index is -0.0137. The molecule has 1 amide bonds. The van der Waals surface area contributed by atoms with Crippen LogP contribution in [0.1, 0.15) is 27.2 Å². The van der Waals surface area contributed by atoms with Crippen molar-refractivity contribution in [2.75, 3.05) is 6.54 Å². The number of carbonyl (C=O) groups excluding carboxylic acids is 1. The quantitative estimate of drug-likeness (QED) is 0.815. The lowest BCUT2D eigenvalue weighted by Crippen LogP contribution is -2.36. The van der Waals surface area contributed by atoms with Crippen molar-refractivity contribution in [1.29, 1.82) is 0 Å². The van der Waals surface area contributed by atoms with E-state index >= 15 is 0 Å². The average Bonchev–Trinajstić information content (AvgIpc) is 2.83. The zero-order chi connectivity index (χ0) is 13.4. The highest BCUT2D eigenvalue weighted by atomic mass is 16.3. The Hall–Kier alpha value is -2.30. The molecule has 1 aliphatic heterocycles. The molecule has 1 aromatic carbocycles. The van der Waals surface area contributed by atoms with Gasteiger partial charge in [0.05, 0.1) is 11.8 Å². The normalized spacial score (nSPS) is 14.3. The van der Waals surface area contributed by atoms with Gasteiger partial charge in [0, 0.05) is 18.8 Å². The van der Waals surface area contributed by atoms with Crippen molar-refractivity contribution >= 4 is 5.91 Å². The molecule has 5 heteroatoms. The second-order valence-corrected chi connectivity index (χ2v) is 4.84. The number of aromatic nitrogens is 2. The topological polar surface area (TPSA) is 69.2 Å². The predicted molar refractivity (Wildman–Crippen MR) is 69.9 cm³/mol. The van der Waals surface area contributed by atoms with Gasteiger partial charge in [-0.3, -0.25) is 9.89 Å². The van der Waals surface area contributed by atoms with E-state index in [2.05, 4.69) is 10.2 Å². The maximum Gasteiger partial charge on any atom is 0.257 e. The van der Waals surface area contributed by atoms with E-state index in [1.165, 1.54) is 5.56 Å². The van der Waals surface area contributed by atoms with Crippen molar-refractivity contribution in [2.45, 2.75) is 19.9 Å². The van der Waals surface area contributed by atoms with E-state index in [1.54, 1.807) is 23.2 Å². The first-order valence-electron chi connectivity index (χ1n) is 6.25. The molecule has 0 unspecified atom stereocenters. The van der Waals surface area contributed by atoms with Gasteiger partial charge in [0.15, 0.2) is 0 Å². The van der Waals surface area contributed by atoms with Crippen LogP contribution in [0.3, 0.4) is 0 Å². The molecular weight excluding hydrogens is 242 g/mol. The van der Waals surface area contributed by atoms with E-state index in [0.717, 1.165) is 17.7 Å². The molecule has 0 aliphatic carbocycles. The molecule has 0 saturated heterocycles. The summed E-state index contributed by atoms with van der Waals surface area (Å²) in [6.07, 6.45) is 2.38. The van der Waals surface area contributed by atoms with Crippen LogP contribution in [0.25, 0.3) is 0 Å². The van der Waals surface area contributed by atoms with Gasteiger partial charge in [-0.2, -0.15) is 5.10 Å². The zero-order valence-corrected chi connectivity index (χ0v) is 10.7. The Morgan fingerprint density at radius 2 is 2.26 bits per heavy atom. The number of nitrogens with zero attached hydrogens (tertiary/aromatic N) is 2. The van der Waals surface area contributed by atoms with Gasteiger partial charge >= 0.3 is 0 Å². The van der Waals surface area contributed by atoms with Crippen LogP contribution in [0, 0.1) is 6.92 Å². The number of amides is 1. The summed E-state index contributed by atoms with van der Waals surface area (Å²) in [6.45, 7) is 3.07. The van der Waals surface area contributed by atoms with Gasteiger partial charge in [-0.1, -0.05) is 6.07 Å². The van der Waals surface area contributed by atoms with Gasteiger partial charge in [-0.25, -0.2) is 0 Å². The van der Waals surface area contributed by atoms with Crippen LogP contribution in [0.15, 0.2) is 24.4 Å². The Morgan fingerprint density at radius 3 is 3.00 bits per heavy atom. The molecule has 2 N–H and O–H groups in total. The average molecular weight is 257 g/mol. The standard InChI is InChI=1S/C14H15N3O2/c1-9-13(7-15-16-9)14(19)17-5-4-10-2-3-12(18)6-11(10)8-17/h2-3,6-7,18H,4-5,8H2,1H3,(H,15,16). The van der Waals surface area contributed by atoms with E-state index in [1.807, 2.05) is 13.0 Å². The van der Waals surface area contributed by atoms with Crippen LogP contribution >= 0.6 is 0 Å². The molecule has 3 rings (SSSR count). The van der Waals surface area contributed by atoms with E-state index in [-0.39, 0.29) is 11.7 Å². The van der Waals surface area contributed by atoms with Gasteiger partial charge in [-0.05, 0) is 36.6 Å². The van der Waals surface area contributed by atoms with Gasteiger partial charge in [0.1, 0.15) is 5.75 Å². The lowest BCUT2D eigenvalue weighted by atomic mass is 9.99. The summed E-state index contributed by atoms with van der Waals surface area (Å²) < 4.78 is 0. The molecule has 0 bridgehead atoms. The van der Waals surface area contributed by atoms with Crippen LogP contribution in [-0.4, -0.2) is 32.7 Å². The second kappa shape index (κ2) is 4.42. The molecule has 0 atom stereocenters. The molecule has 0 saturated carbocycles. The Morgan fingerprint density at radius 1 is 1.42 bits per heavy atom. The molecule has 0 spiro atoms. The highest BCUT2D eigenvalue weighted by Crippen LogP contribution is 2.24. The maximum atomic E-state index is 12.4. The molecule has 19 heavy (non-hydrogen) atoms. The third kappa shape index (κ3) is 2.07. The van der Waals surface area contributed by atoms with Gasteiger partial charge in [-0.15, -0.1) is 0 Å². The number of rotatable bonds is 1. The van der Waals surface area contributed by atoms with E-state index in [9.17, 15) is 9.90 Å². The Labute approximate surface area is 110 Å². The summed E-state index contributed by atoms with van der Waals surface area (Å²) in [6, 6.07) is 5.35. The van der Waals surface area contributed by atoms with E-state index in [4.69, 9.17) is 0 Å². The smallest absolute Gasteiger partial charge is 0.257 e. The number of fused-ring (bicyclic) bond motifs is 1. The summed E-state index contributed by atoms with van der Waals surface area (Å²) in [5.74, 6) is 0.229. The van der Waals surface area contributed by atoms with Crippen molar-refractivity contribution in [1.82, 2.24) is 15.1 Å². The zero-order valence-electron chi connectivity index (χ0n) is 10.7. The van der Waals surface area contributed by atoms with Crippen LogP contribution in [0.2, 0.25) is 0 Å². The highest BCUT2D eigenvalue weighted by molar-refractivity contribution is 5.95. The minimum Gasteiger partial charge on any atom is -0.508 e.